The first-order valence-corrected chi connectivity index (χ1v) is 7.72. The zero-order valence-corrected chi connectivity index (χ0v) is 13.5. The summed E-state index contributed by atoms with van der Waals surface area (Å²) in [6.45, 7) is 2.92. The molecular formula is C15H17ClN2O2S. The van der Waals surface area contributed by atoms with Crippen molar-refractivity contribution < 1.29 is 9.53 Å². The van der Waals surface area contributed by atoms with Gasteiger partial charge >= 0.3 is 0 Å². The molecule has 2 N–H and O–H groups in total. The molecule has 0 atom stereocenters. The van der Waals surface area contributed by atoms with Gasteiger partial charge in [-0.05, 0) is 31.2 Å². The minimum absolute atomic E-state index is 0.104. The summed E-state index contributed by atoms with van der Waals surface area (Å²) in [5.74, 6) is 0.501. The SMILES string of the molecule is CCOc1cc(N)cc(C(=O)N(C)Cc2ccc(Cl)s2)c1. The second-order valence-electron chi connectivity index (χ2n) is 4.59. The lowest BCUT2D eigenvalue weighted by atomic mass is 10.1. The Morgan fingerprint density at radius 1 is 1.38 bits per heavy atom. The first kappa shape index (κ1) is 15.7. The van der Waals surface area contributed by atoms with Crippen LogP contribution in [0.5, 0.6) is 5.75 Å². The molecule has 0 aliphatic carbocycles. The third-order valence-corrected chi connectivity index (χ3v) is 4.07. The van der Waals surface area contributed by atoms with Crippen LogP contribution in [0.4, 0.5) is 5.69 Å². The molecule has 6 heteroatoms. The van der Waals surface area contributed by atoms with Crippen LogP contribution in [0.25, 0.3) is 0 Å². The molecule has 2 rings (SSSR count). The number of carbonyl (C=O) groups is 1. The number of thiophene rings is 1. The van der Waals surface area contributed by atoms with Gasteiger partial charge in [0.05, 0.1) is 17.5 Å². The van der Waals surface area contributed by atoms with E-state index in [9.17, 15) is 4.79 Å². The van der Waals surface area contributed by atoms with Crippen molar-refractivity contribution in [2.24, 2.45) is 0 Å². The van der Waals surface area contributed by atoms with E-state index >= 15 is 0 Å². The topological polar surface area (TPSA) is 55.6 Å². The summed E-state index contributed by atoms with van der Waals surface area (Å²) in [5, 5.41) is 0. The van der Waals surface area contributed by atoms with Crippen molar-refractivity contribution in [3.05, 3.63) is 45.1 Å². The molecule has 0 aliphatic heterocycles. The number of benzene rings is 1. The largest absolute Gasteiger partial charge is 0.494 e. The van der Waals surface area contributed by atoms with Gasteiger partial charge in [0.2, 0.25) is 0 Å². The van der Waals surface area contributed by atoms with Gasteiger partial charge in [0.25, 0.3) is 5.91 Å². The Balaban J connectivity index is 2.14. The highest BCUT2D eigenvalue weighted by Gasteiger charge is 2.14. The second-order valence-corrected chi connectivity index (χ2v) is 6.39. The van der Waals surface area contributed by atoms with Crippen LogP contribution in [0.3, 0.4) is 0 Å². The second kappa shape index (κ2) is 6.83. The maximum Gasteiger partial charge on any atom is 0.254 e. The van der Waals surface area contributed by atoms with Gasteiger partial charge in [0.1, 0.15) is 5.75 Å². The van der Waals surface area contributed by atoms with Gasteiger partial charge in [-0.2, -0.15) is 0 Å². The molecular weight excluding hydrogens is 308 g/mol. The van der Waals surface area contributed by atoms with E-state index < -0.39 is 0 Å². The number of hydrogen-bond acceptors (Lipinski definition) is 4. The number of amides is 1. The number of rotatable bonds is 5. The molecule has 1 amide bonds. The van der Waals surface area contributed by atoms with Gasteiger partial charge in [0.15, 0.2) is 0 Å². The van der Waals surface area contributed by atoms with E-state index in [4.69, 9.17) is 22.1 Å². The van der Waals surface area contributed by atoms with Crippen LogP contribution < -0.4 is 10.5 Å². The highest BCUT2D eigenvalue weighted by atomic mass is 35.5. The lowest BCUT2D eigenvalue weighted by molar-refractivity contribution is 0.0786. The molecule has 2 aromatic rings. The zero-order chi connectivity index (χ0) is 15.4. The Labute approximate surface area is 133 Å². The number of hydrogen-bond donors (Lipinski definition) is 1. The highest BCUT2D eigenvalue weighted by molar-refractivity contribution is 7.16. The summed E-state index contributed by atoms with van der Waals surface area (Å²) in [7, 11) is 1.75. The van der Waals surface area contributed by atoms with Crippen LogP contribution in [0, 0.1) is 0 Å². The Kier molecular flexibility index (Phi) is 5.09. The Hall–Kier alpha value is -1.72. The molecule has 1 heterocycles. The molecule has 0 radical (unpaired) electrons. The average Bonchev–Trinajstić information content (AvgIpc) is 2.83. The molecule has 0 aliphatic rings. The number of halogens is 1. The number of ether oxygens (including phenoxy) is 1. The fourth-order valence-electron chi connectivity index (χ4n) is 1.96. The molecule has 0 spiro atoms. The molecule has 1 aromatic carbocycles. The van der Waals surface area contributed by atoms with Crippen molar-refractivity contribution in [2.45, 2.75) is 13.5 Å². The van der Waals surface area contributed by atoms with Crippen molar-refractivity contribution >= 4 is 34.5 Å². The number of nitrogen functional groups attached to an aromatic ring is 1. The van der Waals surface area contributed by atoms with Gasteiger partial charge < -0.3 is 15.4 Å². The predicted molar refractivity (Wildman–Crippen MR) is 87.1 cm³/mol. The van der Waals surface area contributed by atoms with Crippen LogP contribution >= 0.6 is 22.9 Å². The first-order chi connectivity index (χ1) is 9.99. The van der Waals surface area contributed by atoms with Gasteiger partial charge in [-0.3, -0.25) is 4.79 Å². The normalized spacial score (nSPS) is 10.4. The van der Waals surface area contributed by atoms with Gasteiger partial charge in [0, 0.05) is 29.2 Å². The van der Waals surface area contributed by atoms with E-state index in [1.54, 1.807) is 30.1 Å². The summed E-state index contributed by atoms with van der Waals surface area (Å²) in [5.41, 5.74) is 6.85. The molecule has 1 aromatic heterocycles. The van der Waals surface area contributed by atoms with E-state index in [0.29, 0.717) is 34.5 Å². The molecule has 0 unspecified atom stereocenters. The van der Waals surface area contributed by atoms with Crippen LogP contribution in [-0.4, -0.2) is 24.5 Å². The molecule has 0 fully saturated rings. The van der Waals surface area contributed by atoms with E-state index in [-0.39, 0.29) is 5.91 Å². The minimum atomic E-state index is -0.104. The zero-order valence-electron chi connectivity index (χ0n) is 11.9. The maximum absolute atomic E-state index is 12.5. The molecule has 21 heavy (non-hydrogen) atoms. The average molecular weight is 325 g/mol. The van der Waals surface area contributed by atoms with E-state index in [2.05, 4.69) is 0 Å². The van der Waals surface area contributed by atoms with E-state index in [1.807, 2.05) is 19.1 Å². The van der Waals surface area contributed by atoms with Crippen molar-refractivity contribution in [2.75, 3.05) is 19.4 Å². The molecule has 0 saturated carbocycles. The van der Waals surface area contributed by atoms with Crippen LogP contribution in [-0.2, 0) is 6.54 Å². The minimum Gasteiger partial charge on any atom is -0.494 e. The van der Waals surface area contributed by atoms with Crippen molar-refractivity contribution in [3.63, 3.8) is 0 Å². The predicted octanol–water partition coefficient (Wildman–Crippen LogP) is 3.65. The van der Waals surface area contributed by atoms with Crippen molar-refractivity contribution in [1.82, 2.24) is 4.90 Å². The Morgan fingerprint density at radius 2 is 2.14 bits per heavy atom. The van der Waals surface area contributed by atoms with Crippen LogP contribution in [0.1, 0.15) is 22.2 Å². The van der Waals surface area contributed by atoms with Gasteiger partial charge in [-0.1, -0.05) is 11.6 Å². The third kappa shape index (κ3) is 4.12. The number of nitrogens with zero attached hydrogens (tertiary/aromatic N) is 1. The van der Waals surface area contributed by atoms with Gasteiger partial charge in [-0.25, -0.2) is 0 Å². The number of carbonyl (C=O) groups excluding carboxylic acids is 1. The third-order valence-electron chi connectivity index (χ3n) is 2.86. The first-order valence-electron chi connectivity index (χ1n) is 6.52. The quantitative estimate of drug-likeness (QED) is 0.854. The lowest BCUT2D eigenvalue weighted by Crippen LogP contribution is -2.25. The summed E-state index contributed by atoms with van der Waals surface area (Å²) in [6.07, 6.45) is 0. The Morgan fingerprint density at radius 3 is 2.76 bits per heavy atom. The molecule has 4 nitrogen and oxygen atoms in total. The van der Waals surface area contributed by atoms with Crippen molar-refractivity contribution in [3.8, 4) is 5.75 Å². The van der Waals surface area contributed by atoms with E-state index in [1.165, 1.54) is 11.3 Å². The van der Waals surface area contributed by atoms with Crippen molar-refractivity contribution in [1.29, 1.82) is 0 Å². The number of nitrogens with two attached hydrogens (primary N) is 1. The van der Waals surface area contributed by atoms with Crippen LogP contribution in [0.15, 0.2) is 30.3 Å². The maximum atomic E-state index is 12.5. The number of anilines is 1. The fraction of sp³-hybridized carbons (Fsp3) is 0.267. The molecule has 112 valence electrons. The summed E-state index contributed by atoms with van der Waals surface area (Å²) >= 11 is 7.36. The highest BCUT2D eigenvalue weighted by Crippen LogP contribution is 2.24. The van der Waals surface area contributed by atoms with E-state index in [0.717, 1.165) is 4.88 Å². The Bertz CT molecular complexity index is 642. The summed E-state index contributed by atoms with van der Waals surface area (Å²) < 4.78 is 6.13. The standard InChI is InChI=1S/C15H17ClN2O2S/c1-3-20-12-7-10(6-11(17)8-12)15(19)18(2)9-13-4-5-14(16)21-13/h4-8H,3,9,17H2,1-2H3. The lowest BCUT2D eigenvalue weighted by Gasteiger charge is -2.17. The summed E-state index contributed by atoms with van der Waals surface area (Å²) in [6, 6.07) is 8.82. The molecule has 0 saturated heterocycles. The van der Waals surface area contributed by atoms with Crippen LogP contribution in [0.2, 0.25) is 4.34 Å². The summed E-state index contributed by atoms with van der Waals surface area (Å²) in [4.78, 5) is 15.1. The monoisotopic (exact) mass is 324 g/mol. The van der Waals surface area contributed by atoms with Gasteiger partial charge in [-0.15, -0.1) is 11.3 Å². The molecule has 0 bridgehead atoms. The smallest absolute Gasteiger partial charge is 0.254 e. The fourth-order valence-corrected chi connectivity index (χ4v) is 3.10.